The maximum atomic E-state index is 11.7. The van der Waals surface area contributed by atoms with Crippen molar-refractivity contribution >= 4 is 40.4 Å². The Morgan fingerprint density at radius 3 is 2.97 bits per heavy atom. The van der Waals surface area contributed by atoms with Gasteiger partial charge < -0.3 is 11.1 Å². The van der Waals surface area contributed by atoms with Gasteiger partial charge in [0.25, 0.3) is 5.91 Å². The molecule has 2 heterocycles. The molecule has 0 bridgehead atoms. The van der Waals surface area contributed by atoms with Gasteiger partial charge in [0.2, 0.25) is 0 Å². The molecule has 0 saturated heterocycles. The number of allylic oxidation sites excluding steroid dienone is 2. The Morgan fingerprint density at radius 2 is 2.10 bits per heavy atom. The van der Waals surface area contributed by atoms with Crippen LogP contribution in [0.4, 0.5) is 11.5 Å². The second-order valence-electron chi connectivity index (χ2n) is 7.18. The number of anilines is 1. The number of amidine groups is 1. The van der Waals surface area contributed by atoms with Gasteiger partial charge in [-0.15, -0.1) is 0 Å². The van der Waals surface area contributed by atoms with Crippen LogP contribution in [-0.4, -0.2) is 27.9 Å². The van der Waals surface area contributed by atoms with Gasteiger partial charge in [0.05, 0.1) is 16.8 Å². The number of rotatable bonds is 5. The number of aliphatic imine (C=N–C) groups is 2. The van der Waals surface area contributed by atoms with Crippen LogP contribution in [0.15, 0.2) is 70.9 Å². The van der Waals surface area contributed by atoms with Gasteiger partial charge in [-0.3, -0.25) is 4.79 Å². The third-order valence-corrected chi connectivity index (χ3v) is 4.81. The van der Waals surface area contributed by atoms with Gasteiger partial charge in [0, 0.05) is 24.6 Å². The van der Waals surface area contributed by atoms with Crippen molar-refractivity contribution in [3.8, 4) is 0 Å². The van der Waals surface area contributed by atoms with E-state index >= 15 is 0 Å². The van der Waals surface area contributed by atoms with Crippen molar-refractivity contribution in [2.24, 2.45) is 21.6 Å². The number of aromatic nitrogens is 2. The summed E-state index contributed by atoms with van der Waals surface area (Å²) in [5.74, 6) is 1.36. The highest BCUT2D eigenvalue weighted by Crippen LogP contribution is 2.23. The van der Waals surface area contributed by atoms with Crippen molar-refractivity contribution in [3.63, 3.8) is 0 Å². The molecule has 0 aliphatic carbocycles. The van der Waals surface area contributed by atoms with Crippen LogP contribution in [0.25, 0.3) is 10.9 Å². The van der Waals surface area contributed by atoms with Crippen LogP contribution in [-0.2, 0) is 6.54 Å². The number of carbonyl (C=O) groups is 1. The topological polar surface area (TPSA) is 106 Å². The average Bonchev–Trinajstić information content (AvgIpc) is 2.95. The van der Waals surface area contributed by atoms with E-state index in [0.29, 0.717) is 29.4 Å². The maximum Gasteiger partial charge on any atom is 0.250 e. The van der Waals surface area contributed by atoms with E-state index in [2.05, 4.69) is 33.3 Å². The molecule has 0 radical (unpaired) electrons. The van der Waals surface area contributed by atoms with Crippen molar-refractivity contribution < 1.29 is 4.79 Å². The highest BCUT2D eigenvalue weighted by molar-refractivity contribution is 6.06. The summed E-state index contributed by atoms with van der Waals surface area (Å²) in [6, 6.07) is 13.3. The average molecular weight is 398 g/mol. The van der Waals surface area contributed by atoms with Gasteiger partial charge in [0.1, 0.15) is 18.0 Å². The molecule has 2 aromatic carbocycles. The molecule has 1 aromatic heterocycles. The largest absolute Gasteiger partial charge is 0.366 e. The lowest BCUT2D eigenvalue weighted by Gasteiger charge is -2.10. The van der Waals surface area contributed by atoms with Gasteiger partial charge in [0.15, 0.2) is 0 Å². The molecule has 1 aliphatic heterocycles. The van der Waals surface area contributed by atoms with Crippen LogP contribution in [0.2, 0.25) is 0 Å². The highest BCUT2D eigenvalue weighted by Gasteiger charge is 2.11. The fourth-order valence-electron chi connectivity index (χ4n) is 3.35. The fourth-order valence-corrected chi connectivity index (χ4v) is 3.35. The van der Waals surface area contributed by atoms with Crippen molar-refractivity contribution in [3.05, 3.63) is 72.1 Å². The third-order valence-electron chi connectivity index (χ3n) is 4.81. The molecular weight excluding hydrogens is 376 g/mol. The molecule has 0 saturated carbocycles. The van der Waals surface area contributed by atoms with Crippen molar-refractivity contribution in [2.75, 3.05) is 5.32 Å². The number of hydrogen-bond donors (Lipinski definition) is 2. The second kappa shape index (κ2) is 8.65. The Balaban J connectivity index is 1.55. The zero-order chi connectivity index (χ0) is 20.9. The number of nitrogens with one attached hydrogen (secondary N) is 1. The van der Waals surface area contributed by atoms with Gasteiger partial charge in [-0.1, -0.05) is 31.2 Å². The quantitative estimate of drug-likeness (QED) is 0.676. The normalized spacial score (nSPS) is 17.2. The number of nitrogens with two attached hydrogens (primary N) is 1. The summed E-state index contributed by atoms with van der Waals surface area (Å²) in [6.45, 7) is 2.70. The van der Waals surface area contributed by atoms with E-state index in [-0.39, 0.29) is 0 Å². The van der Waals surface area contributed by atoms with Crippen molar-refractivity contribution in [1.29, 1.82) is 0 Å². The smallest absolute Gasteiger partial charge is 0.250 e. The van der Waals surface area contributed by atoms with E-state index in [1.165, 1.54) is 6.33 Å². The molecule has 3 aromatic rings. The van der Waals surface area contributed by atoms with E-state index in [1.807, 2.05) is 36.4 Å². The molecule has 3 N–H and O–H groups in total. The van der Waals surface area contributed by atoms with Crippen LogP contribution in [0.3, 0.4) is 0 Å². The zero-order valence-electron chi connectivity index (χ0n) is 16.6. The molecule has 150 valence electrons. The van der Waals surface area contributed by atoms with Gasteiger partial charge in [-0.05, 0) is 41.8 Å². The first-order valence-corrected chi connectivity index (χ1v) is 9.75. The van der Waals surface area contributed by atoms with E-state index in [1.54, 1.807) is 18.3 Å². The van der Waals surface area contributed by atoms with E-state index < -0.39 is 5.91 Å². The predicted molar refractivity (Wildman–Crippen MR) is 120 cm³/mol. The summed E-state index contributed by atoms with van der Waals surface area (Å²) in [6.07, 6.45) is 8.11. The first-order valence-electron chi connectivity index (χ1n) is 9.75. The molecule has 1 atom stereocenters. The fraction of sp³-hybridized carbons (Fsp3) is 0.174. The van der Waals surface area contributed by atoms with E-state index in [9.17, 15) is 4.79 Å². The molecule has 1 amide bonds. The SMILES string of the molecule is CC1C=CC=NC(=Nc2cccc(CNc3ncnc4c(C(N)=O)cccc34)c2)C1. The zero-order valence-corrected chi connectivity index (χ0v) is 16.6. The summed E-state index contributed by atoms with van der Waals surface area (Å²) in [5, 5.41) is 4.08. The van der Waals surface area contributed by atoms with Gasteiger partial charge in [-0.25, -0.2) is 20.0 Å². The summed E-state index contributed by atoms with van der Waals surface area (Å²) in [5.41, 5.74) is 8.29. The molecule has 4 rings (SSSR count). The number of carbonyl (C=O) groups excluding carboxylic acids is 1. The molecule has 1 aliphatic rings. The first-order chi connectivity index (χ1) is 14.6. The minimum Gasteiger partial charge on any atom is -0.366 e. The standard InChI is InChI=1S/C23H22N6O/c1-15-5-4-10-25-20(11-15)29-17-7-2-6-16(12-17)13-26-23-19-9-3-8-18(22(24)30)21(19)27-14-28-23/h2-10,12,14-15H,11,13H2,1H3,(H2,24,30)(H,26,27,28). The molecule has 0 fully saturated rings. The Bertz CT molecular complexity index is 1180. The van der Waals surface area contributed by atoms with E-state index in [4.69, 9.17) is 10.7 Å². The molecule has 7 nitrogen and oxygen atoms in total. The summed E-state index contributed by atoms with van der Waals surface area (Å²) in [4.78, 5) is 29.3. The molecular formula is C23H22N6O. The lowest BCUT2D eigenvalue weighted by molar-refractivity contribution is 0.100. The molecule has 1 unspecified atom stereocenters. The highest BCUT2D eigenvalue weighted by atomic mass is 16.1. The summed E-state index contributed by atoms with van der Waals surface area (Å²) >= 11 is 0. The van der Waals surface area contributed by atoms with Crippen LogP contribution in [0.1, 0.15) is 29.3 Å². The number of benzene rings is 2. The Morgan fingerprint density at radius 1 is 1.23 bits per heavy atom. The van der Waals surface area contributed by atoms with Crippen molar-refractivity contribution in [2.45, 2.75) is 19.9 Å². The van der Waals surface area contributed by atoms with Gasteiger partial charge in [-0.2, -0.15) is 0 Å². The van der Waals surface area contributed by atoms with Gasteiger partial charge >= 0.3 is 0 Å². The number of primary amides is 1. The molecule has 30 heavy (non-hydrogen) atoms. The van der Waals surface area contributed by atoms with Crippen LogP contribution < -0.4 is 11.1 Å². The number of hydrogen-bond acceptors (Lipinski definition) is 5. The maximum absolute atomic E-state index is 11.7. The monoisotopic (exact) mass is 398 g/mol. The Kier molecular flexibility index (Phi) is 5.61. The van der Waals surface area contributed by atoms with Crippen molar-refractivity contribution in [1.82, 2.24) is 9.97 Å². The van der Waals surface area contributed by atoms with E-state index in [0.717, 1.165) is 28.9 Å². The lowest BCUT2D eigenvalue weighted by Crippen LogP contribution is -2.12. The minimum atomic E-state index is -0.511. The lowest BCUT2D eigenvalue weighted by atomic mass is 10.1. The number of nitrogens with zero attached hydrogens (tertiary/aromatic N) is 4. The number of amides is 1. The Hall–Kier alpha value is -3.87. The molecule has 0 spiro atoms. The predicted octanol–water partition coefficient (Wildman–Crippen LogP) is 4.04. The Labute approximate surface area is 174 Å². The van der Waals surface area contributed by atoms with Crippen LogP contribution >= 0.6 is 0 Å². The second-order valence-corrected chi connectivity index (χ2v) is 7.18. The first kappa shape index (κ1) is 19.4. The summed E-state index contributed by atoms with van der Waals surface area (Å²) < 4.78 is 0. The number of fused-ring (bicyclic) bond motifs is 1. The van der Waals surface area contributed by atoms with Crippen LogP contribution in [0.5, 0.6) is 0 Å². The van der Waals surface area contributed by atoms with Crippen LogP contribution in [0, 0.1) is 5.92 Å². The molecule has 7 heteroatoms. The summed E-state index contributed by atoms with van der Waals surface area (Å²) in [7, 11) is 0. The third kappa shape index (κ3) is 4.41. The number of para-hydroxylation sites is 1. The minimum absolute atomic E-state index is 0.378.